The van der Waals surface area contributed by atoms with Gasteiger partial charge in [0.25, 0.3) is 5.91 Å². The number of imidazole rings is 1. The van der Waals surface area contributed by atoms with Gasteiger partial charge in [0, 0.05) is 12.8 Å². The molecule has 0 spiro atoms. The van der Waals surface area contributed by atoms with E-state index in [-0.39, 0.29) is 10.8 Å². The van der Waals surface area contributed by atoms with Crippen LogP contribution >= 0.6 is 0 Å². The van der Waals surface area contributed by atoms with Gasteiger partial charge in [0.2, 0.25) is 0 Å². The standard InChI is InChI=1S/C16H14N3O3S/c1-23(21,22)12-7-5-11(6-8-12)9-17-16(20)13-3-2-4-14-15(13)19-10-18-14/h2-8H,9H2,1H3,(H,17,20)(H,18,19). The van der Waals surface area contributed by atoms with Crippen molar-refractivity contribution in [2.75, 3.05) is 6.26 Å². The van der Waals surface area contributed by atoms with Gasteiger partial charge in [-0.1, -0.05) is 18.2 Å². The van der Waals surface area contributed by atoms with Crippen molar-refractivity contribution in [3.05, 3.63) is 59.9 Å². The lowest BCUT2D eigenvalue weighted by atomic mass is 10.1. The third kappa shape index (κ3) is 3.24. The number of sulfone groups is 1. The van der Waals surface area contributed by atoms with Crippen molar-refractivity contribution in [2.45, 2.75) is 11.4 Å². The van der Waals surface area contributed by atoms with Gasteiger partial charge >= 0.3 is 0 Å². The van der Waals surface area contributed by atoms with Crippen LogP contribution in [0.2, 0.25) is 0 Å². The molecule has 0 aliphatic heterocycles. The zero-order chi connectivity index (χ0) is 16.4. The average molecular weight is 328 g/mol. The summed E-state index contributed by atoms with van der Waals surface area (Å²) in [5.41, 5.74) is 2.59. The molecule has 0 aliphatic carbocycles. The van der Waals surface area contributed by atoms with Crippen molar-refractivity contribution in [3.8, 4) is 0 Å². The van der Waals surface area contributed by atoms with E-state index >= 15 is 0 Å². The Hall–Kier alpha value is -2.67. The molecule has 7 heteroatoms. The van der Waals surface area contributed by atoms with Crippen molar-refractivity contribution in [2.24, 2.45) is 0 Å². The summed E-state index contributed by atoms with van der Waals surface area (Å²) in [7, 11) is -3.21. The van der Waals surface area contributed by atoms with Gasteiger partial charge in [0.1, 0.15) is 5.52 Å². The highest BCUT2D eigenvalue weighted by molar-refractivity contribution is 7.90. The monoisotopic (exact) mass is 328 g/mol. The predicted octanol–water partition coefficient (Wildman–Crippen LogP) is 1.70. The zero-order valence-electron chi connectivity index (χ0n) is 12.3. The number of nitrogens with zero attached hydrogens (tertiary/aromatic N) is 1. The molecule has 1 radical (unpaired) electrons. The molecule has 3 aromatic rings. The SMILES string of the molecule is CS(=O)(=O)c1ccc(CNC(=O)c2cccc3[nH][c]nc23)cc1. The van der Waals surface area contributed by atoms with Gasteiger partial charge in [-0.3, -0.25) is 4.79 Å². The Bertz CT molecular complexity index is 960. The molecular weight excluding hydrogens is 314 g/mol. The molecule has 0 fully saturated rings. The summed E-state index contributed by atoms with van der Waals surface area (Å²) in [4.78, 5) is 19.4. The summed E-state index contributed by atoms with van der Waals surface area (Å²) in [5.74, 6) is -0.247. The summed E-state index contributed by atoms with van der Waals surface area (Å²) < 4.78 is 22.8. The number of aromatic amines is 1. The number of benzene rings is 2. The quantitative estimate of drug-likeness (QED) is 0.762. The predicted molar refractivity (Wildman–Crippen MR) is 85.7 cm³/mol. The first-order valence-corrected chi connectivity index (χ1v) is 8.76. The third-order valence-corrected chi connectivity index (χ3v) is 4.57. The fraction of sp³-hybridized carbons (Fsp3) is 0.125. The molecule has 1 amide bonds. The second-order valence-corrected chi connectivity index (χ2v) is 7.16. The molecule has 6 nitrogen and oxygen atoms in total. The average Bonchev–Trinajstić information content (AvgIpc) is 3.00. The molecule has 3 rings (SSSR count). The van der Waals surface area contributed by atoms with E-state index < -0.39 is 9.84 Å². The molecule has 1 heterocycles. The summed E-state index contributed by atoms with van der Waals surface area (Å²) in [5, 5.41) is 2.80. The van der Waals surface area contributed by atoms with Crippen LogP contribution in [0.1, 0.15) is 15.9 Å². The number of hydrogen-bond donors (Lipinski definition) is 2. The molecular formula is C16H14N3O3S. The maximum atomic E-state index is 12.3. The Labute approximate surface area is 133 Å². The van der Waals surface area contributed by atoms with E-state index in [9.17, 15) is 13.2 Å². The number of rotatable bonds is 4. The summed E-state index contributed by atoms with van der Waals surface area (Å²) >= 11 is 0. The van der Waals surface area contributed by atoms with Crippen molar-refractivity contribution in [1.82, 2.24) is 15.3 Å². The Morgan fingerprint density at radius 1 is 1.22 bits per heavy atom. The van der Waals surface area contributed by atoms with Crippen molar-refractivity contribution in [1.29, 1.82) is 0 Å². The second-order valence-electron chi connectivity index (χ2n) is 5.15. The third-order valence-electron chi connectivity index (χ3n) is 3.44. The lowest BCUT2D eigenvalue weighted by molar-refractivity contribution is 0.0952. The van der Waals surface area contributed by atoms with E-state index in [4.69, 9.17) is 0 Å². The van der Waals surface area contributed by atoms with Crippen LogP contribution in [0.4, 0.5) is 0 Å². The molecule has 117 valence electrons. The number of carbonyl (C=O) groups excluding carboxylic acids is 1. The first-order valence-electron chi connectivity index (χ1n) is 6.87. The fourth-order valence-electron chi connectivity index (χ4n) is 2.22. The number of amides is 1. The molecule has 23 heavy (non-hydrogen) atoms. The lowest BCUT2D eigenvalue weighted by Gasteiger charge is -2.07. The zero-order valence-corrected chi connectivity index (χ0v) is 13.1. The molecule has 2 N–H and O–H groups in total. The topological polar surface area (TPSA) is 91.9 Å². The fourth-order valence-corrected chi connectivity index (χ4v) is 2.85. The normalized spacial score (nSPS) is 11.5. The number of H-pyrrole nitrogens is 1. The molecule has 0 atom stereocenters. The van der Waals surface area contributed by atoms with Crippen LogP contribution in [0.5, 0.6) is 0 Å². The minimum Gasteiger partial charge on any atom is -0.348 e. The Balaban J connectivity index is 1.73. The van der Waals surface area contributed by atoms with E-state index in [1.807, 2.05) is 6.07 Å². The van der Waals surface area contributed by atoms with Gasteiger partial charge in [-0.05, 0) is 29.8 Å². The molecule has 0 saturated heterocycles. The molecule has 0 unspecified atom stereocenters. The van der Waals surface area contributed by atoms with Crippen LogP contribution in [0.25, 0.3) is 11.0 Å². The minimum absolute atomic E-state index is 0.247. The summed E-state index contributed by atoms with van der Waals surface area (Å²) in [6, 6.07) is 11.7. The molecule has 0 bridgehead atoms. The maximum Gasteiger partial charge on any atom is 0.253 e. The minimum atomic E-state index is -3.21. The molecule has 0 saturated carbocycles. The number of hydrogen-bond acceptors (Lipinski definition) is 4. The molecule has 1 aromatic heterocycles. The van der Waals surface area contributed by atoms with E-state index in [0.717, 1.165) is 17.3 Å². The highest BCUT2D eigenvalue weighted by Crippen LogP contribution is 2.15. The highest BCUT2D eigenvalue weighted by atomic mass is 32.2. The number of carbonyl (C=O) groups is 1. The van der Waals surface area contributed by atoms with E-state index in [2.05, 4.69) is 21.6 Å². The van der Waals surface area contributed by atoms with Crippen LogP contribution in [-0.2, 0) is 16.4 Å². The Morgan fingerprint density at radius 3 is 2.65 bits per heavy atom. The van der Waals surface area contributed by atoms with Crippen molar-refractivity contribution < 1.29 is 13.2 Å². The van der Waals surface area contributed by atoms with Gasteiger partial charge in [0.15, 0.2) is 16.2 Å². The van der Waals surface area contributed by atoms with Crippen LogP contribution in [-0.4, -0.2) is 30.5 Å². The van der Waals surface area contributed by atoms with Crippen LogP contribution < -0.4 is 5.32 Å². The van der Waals surface area contributed by atoms with E-state index in [1.165, 1.54) is 12.1 Å². The first-order chi connectivity index (χ1) is 10.9. The first kappa shape index (κ1) is 15.2. The Morgan fingerprint density at radius 2 is 1.96 bits per heavy atom. The lowest BCUT2D eigenvalue weighted by Crippen LogP contribution is -2.23. The van der Waals surface area contributed by atoms with Gasteiger partial charge in [-0.2, -0.15) is 0 Å². The van der Waals surface area contributed by atoms with E-state index in [0.29, 0.717) is 17.6 Å². The molecule has 0 aliphatic rings. The van der Waals surface area contributed by atoms with Crippen molar-refractivity contribution >= 4 is 26.8 Å². The van der Waals surface area contributed by atoms with Gasteiger partial charge in [-0.25, -0.2) is 13.4 Å². The number of aromatic nitrogens is 2. The van der Waals surface area contributed by atoms with Crippen LogP contribution in [0.15, 0.2) is 47.4 Å². The van der Waals surface area contributed by atoms with E-state index in [1.54, 1.807) is 24.3 Å². The van der Waals surface area contributed by atoms with Gasteiger partial charge < -0.3 is 10.3 Å². The van der Waals surface area contributed by atoms with Gasteiger partial charge in [-0.15, -0.1) is 0 Å². The number of fused-ring (bicyclic) bond motifs is 1. The molecule has 2 aromatic carbocycles. The Kier molecular flexibility index (Phi) is 3.87. The van der Waals surface area contributed by atoms with Crippen LogP contribution in [0.3, 0.4) is 0 Å². The number of para-hydroxylation sites is 1. The summed E-state index contributed by atoms with van der Waals surface area (Å²) in [6.45, 7) is 0.299. The van der Waals surface area contributed by atoms with Gasteiger partial charge in [0.05, 0.1) is 16.0 Å². The maximum absolute atomic E-state index is 12.3. The van der Waals surface area contributed by atoms with Crippen LogP contribution in [0, 0.1) is 6.33 Å². The highest BCUT2D eigenvalue weighted by Gasteiger charge is 2.12. The number of nitrogens with one attached hydrogen (secondary N) is 2. The van der Waals surface area contributed by atoms with Crippen molar-refractivity contribution in [3.63, 3.8) is 0 Å². The smallest absolute Gasteiger partial charge is 0.253 e. The summed E-state index contributed by atoms with van der Waals surface area (Å²) in [6.07, 6.45) is 3.77. The largest absolute Gasteiger partial charge is 0.348 e. The second kappa shape index (κ2) is 5.85.